The maximum absolute atomic E-state index is 9.10. The minimum Gasteiger partial charge on any atom is -0.494 e. The van der Waals surface area contributed by atoms with Crippen LogP contribution in [0.25, 0.3) is 0 Å². The monoisotopic (exact) mass is 516 g/mol. The van der Waals surface area contributed by atoms with Gasteiger partial charge in [0.1, 0.15) is 5.75 Å². The molecule has 1 aliphatic heterocycles. The summed E-state index contributed by atoms with van der Waals surface area (Å²) < 4.78 is 5.96. The summed E-state index contributed by atoms with van der Waals surface area (Å²) in [6.07, 6.45) is 10.3. The summed E-state index contributed by atoms with van der Waals surface area (Å²) in [6, 6.07) is 9.33. The van der Waals surface area contributed by atoms with Gasteiger partial charge in [0, 0.05) is 19.1 Å². The minimum absolute atomic E-state index is 0.394. The van der Waals surface area contributed by atoms with Crippen molar-refractivity contribution in [2.45, 2.75) is 91.6 Å². The molecule has 0 amide bonds. The number of allylic oxidation sites excluding steroid dienone is 2. The van der Waals surface area contributed by atoms with Gasteiger partial charge in [-0.05, 0) is 108 Å². The van der Waals surface area contributed by atoms with E-state index in [0.29, 0.717) is 11.5 Å². The van der Waals surface area contributed by atoms with Crippen LogP contribution in [-0.4, -0.2) is 71.3 Å². The van der Waals surface area contributed by atoms with E-state index in [1.807, 2.05) is 0 Å². The fourth-order valence-corrected chi connectivity index (χ4v) is 5.42. The Morgan fingerprint density at radius 1 is 1.08 bits per heavy atom. The predicted octanol–water partition coefficient (Wildman–Crippen LogP) is 5.83. The first-order valence-corrected chi connectivity index (χ1v) is 13.8. The molecule has 1 unspecified atom stereocenters. The Morgan fingerprint density at radius 2 is 1.70 bits per heavy atom. The zero-order chi connectivity index (χ0) is 27.4. The summed E-state index contributed by atoms with van der Waals surface area (Å²) in [4.78, 5) is 23.2. The molecule has 1 aromatic carbocycles. The number of aliphatic carboxylic acids is 2. The summed E-state index contributed by atoms with van der Waals surface area (Å²) in [5.41, 5.74) is 5.14. The van der Waals surface area contributed by atoms with Crippen LogP contribution in [0.15, 0.2) is 35.4 Å². The molecule has 1 atom stereocenters. The summed E-state index contributed by atoms with van der Waals surface area (Å²) in [5.74, 6) is -2.65. The first-order chi connectivity index (χ1) is 17.5. The summed E-state index contributed by atoms with van der Waals surface area (Å²) in [5, 5.41) is 14.8. The number of carboxylic acid groups (broad SMARTS) is 2. The zero-order valence-corrected chi connectivity index (χ0v) is 23.6. The molecule has 1 heterocycles. The molecular weight excluding hydrogens is 468 g/mol. The summed E-state index contributed by atoms with van der Waals surface area (Å²) in [7, 11) is 2.26. The number of benzene rings is 1. The van der Waals surface area contributed by atoms with E-state index >= 15 is 0 Å². The molecule has 1 fully saturated rings. The molecule has 3 rings (SSSR count). The van der Waals surface area contributed by atoms with Crippen molar-refractivity contribution in [1.82, 2.24) is 9.80 Å². The van der Waals surface area contributed by atoms with Crippen LogP contribution in [0, 0.1) is 5.41 Å². The molecule has 0 saturated carbocycles. The van der Waals surface area contributed by atoms with Crippen LogP contribution in [0.5, 0.6) is 5.75 Å². The molecule has 7 heteroatoms. The Hall–Kier alpha value is -2.38. The van der Waals surface area contributed by atoms with E-state index in [2.05, 4.69) is 68.8 Å². The predicted molar refractivity (Wildman–Crippen MR) is 148 cm³/mol. The van der Waals surface area contributed by atoms with Gasteiger partial charge >= 0.3 is 11.9 Å². The van der Waals surface area contributed by atoms with Gasteiger partial charge in [-0.15, -0.1) is 0 Å². The number of ether oxygens (including phenoxy) is 1. The average Bonchev–Trinajstić information content (AvgIpc) is 3.36. The SMILES string of the molecule is CC1=C(CCC(C)N(C)Cc2ccc(OCCCN3CCCC3)cc2)C(C)(C)CCC1.O=C(O)C(=O)O. The topological polar surface area (TPSA) is 90.3 Å². The van der Waals surface area contributed by atoms with Crippen molar-refractivity contribution in [3.8, 4) is 5.75 Å². The van der Waals surface area contributed by atoms with E-state index in [9.17, 15) is 0 Å². The Kier molecular flexibility index (Phi) is 12.6. The lowest BCUT2D eigenvalue weighted by atomic mass is 9.71. The van der Waals surface area contributed by atoms with Crippen molar-refractivity contribution >= 4 is 11.9 Å². The third-order valence-electron chi connectivity index (χ3n) is 7.87. The van der Waals surface area contributed by atoms with E-state index in [-0.39, 0.29) is 0 Å². The smallest absolute Gasteiger partial charge is 0.414 e. The van der Waals surface area contributed by atoms with E-state index < -0.39 is 11.9 Å². The minimum atomic E-state index is -1.82. The molecule has 0 aromatic heterocycles. The van der Waals surface area contributed by atoms with Crippen LogP contribution in [0.1, 0.15) is 84.6 Å². The molecule has 1 aliphatic carbocycles. The quantitative estimate of drug-likeness (QED) is 0.217. The Bertz CT molecular complexity index is 876. The van der Waals surface area contributed by atoms with E-state index in [0.717, 1.165) is 25.3 Å². The molecule has 2 aliphatic rings. The maximum Gasteiger partial charge on any atom is 0.414 e. The van der Waals surface area contributed by atoms with Gasteiger partial charge in [0.2, 0.25) is 0 Å². The molecule has 1 aromatic rings. The van der Waals surface area contributed by atoms with Crippen LogP contribution in [-0.2, 0) is 16.1 Å². The number of hydrogen-bond donors (Lipinski definition) is 2. The van der Waals surface area contributed by atoms with Crippen molar-refractivity contribution in [3.05, 3.63) is 41.0 Å². The van der Waals surface area contributed by atoms with Crippen LogP contribution in [0.4, 0.5) is 0 Å². The molecule has 0 radical (unpaired) electrons. The highest BCUT2D eigenvalue weighted by Gasteiger charge is 2.28. The summed E-state index contributed by atoms with van der Waals surface area (Å²) in [6.45, 7) is 15.2. The fraction of sp³-hybridized carbons (Fsp3) is 0.667. The second kappa shape index (κ2) is 15.1. The van der Waals surface area contributed by atoms with Crippen molar-refractivity contribution in [2.24, 2.45) is 5.41 Å². The average molecular weight is 517 g/mol. The third-order valence-corrected chi connectivity index (χ3v) is 7.87. The van der Waals surface area contributed by atoms with E-state index in [1.165, 1.54) is 70.1 Å². The molecule has 2 N–H and O–H groups in total. The molecule has 7 nitrogen and oxygen atoms in total. The second-order valence-corrected chi connectivity index (χ2v) is 11.3. The van der Waals surface area contributed by atoms with Gasteiger partial charge in [-0.25, -0.2) is 9.59 Å². The van der Waals surface area contributed by atoms with Gasteiger partial charge < -0.3 is 19.8 Å². The number of hydrogen-bond acceptors (Lipinski definition) is 5. The molecule has 0 spiro atoms. The van der Waals surface area contributed by atoms with Gasteiger partial charge in [-0.2, -0.15) is 0 Å². The van der Waals surface area contributed by atoms with Crippen molar-refractivity contribution < 1.29 is 24.5 Å². The van der Waals surface area contributed by atoms with Crippen LogP contribution >= 0.6 is 0 Å². The number of nitrogens with zero attached hydrogens (tertiary/aromatic N) is 2. The molecular formula is C30H48N2O5. The van der Waals surface area contributed by atoms with Crippen LogP contribution < -0.4 is 4.74 Å². The normalized spacial score (nSPS) is 18.3. The largest absolute Gasteiger partial charge is 0.494 e. The lowest BCUT2D eigenvalue weighted by molar-refractivity contribution is -0.159. The van der Waals surface area contributed by atoms with Gasteiger partial charge in [-0.1, -0.05) is 37.1 Å². The lowest BCUT2D eigenvalue weighted by Crippen LogP contribution is -2.29. The maximum atomic E-state index is 9.10. The van der Waals surface area contributed by atoms with Gasteiger partial charge in [0.25, 0.3) is 0 Å². The standard InChI is InChI=1S/C28H46N2O.C2H2O4/c1-23-10-8-17-28(3,4)27(23)16-11-24(2)29(5)22-25-12-14-26(15-13-25)31-21-9-20-30-18-6-7-19-30;3-1(4)2(5)6/h12-15,24H,6-11,16-22H2,1-5H3;(H,3,4)(H,5,6). The highest BCUT2D eigenvalue weighted by atomic mass is 16.5. The number of carboxylic acids is 2. The Morgan fingerprint density at radius 3 is 2.27 bits per heavy atom. The molecule has 0 bridgehead atoms. The van der Waals surface area contributed by atoms with Gasteiger partial charge in [-0.3, -0.25) is 4.90 Å². The molecule has 1 saturated heterocycles. The lowest BCUT2D eigenvalue weighted by Gasteiger charge is -2.36. The van der Waals surface area contributed by atoms with Crippen molar-refractivity contribution in [2.75, 3.05) is 33.3 Å². The first-order valence-electron chi connectivity index (χ1n) is 13.8. The Balaban J connectivity index is 0.000000717. The van der Waals surface area contributed by atoms with Gasteiger partial charge in [0.05, 0.1) is 6.61 Å². The zero-order valence-electron chi connectivity index (χ0n) is 23.6. The van der Waals surface area contributed by atoms with Crippen LogP contribution in [0.3, 0.4) is 0 Å². The second-order valence-electron chi connectivity index (χ2n) is 11.3. The third kappa shape index (κ3) is 10.9. The van der Waals surface area contributed by atoms with E-state index in [4.69, 9.17) is 24.5 Å². The first kappa shape index (κ1) is 30.8. The fourth-order valence-electron chi connectivity index (χ4n) is 5.42. The molecule has 37 heavy (non-hydrogen) atoms. The summed E-state index contributed by atoms with van der Waals surface area (Å²) >= 11 is 0. The molecule has 208 valence electrons. The number of rotatable bonds is 11. The highest BCUT2D eigenvalue weighted by molar-refractivity contribution is 6.27. The van der Waals surface area contributed by atoms with Crippen molar-refractivity contribution in [3.63, 3.8) is 0 Å². The van der Waals surface area contributed by atoms with Crippen molar-refractivity contribution in [1.29, 1.82) is 0 Å². The number of carbonyl (C=O) groups is 2. The van der Waals surface area contributed by atoms with Gasteiger partial charge in [0.15, 0.2) is 0 Å². The number of likely N-dealkylation sites (tertiary alicyclic amines) is 1. The highest BCUT2D eigenvalue weighted by Crippen LogP contribution is 2.42. The Labute approximate surface area is 223 Å². The van der Waals surface area contributed by atoms with Crippen LogP contribution in [0.2, 0.25) is 0 Å². The van der Waals surface area contributed by atoms with E-state index in [1.54, 1.807) is 11.1 Å².